The fraction of sp³-hybridized carbons (Fsp3) is 0.188. The second-order valence-electron chi connectivity index (χ2n) is 4.92. The number of nitrogens with one attached hydrogen (secondary N) is 1. The number of hydrogen-bond donors (Lipinski definition) is 1. The molecule has 1 aromatic carbocycles. The lowest BCUT2D eigenvalue weighted by molar-refractivity contribution is 0.377. The van der Waals surface area contributed by atoms with Crippen molar-refractivity contribution < 1.29 is 8.91 Å². The van der Waals surface area contributed by atoms with Gasteiger partial charge in [0.05, 0.1) is 0 Å². The normalized spacial score (nSPS) is 10.7. The summed E-state index contributed by atoms with van der Waals surface area (Å²) in [6.45, 7) is 0.745. The summed E-state index contributed by atoms with van der Waals surface area (Å²) in [5.74, 6) is 0.729. The molecule has 2 heterocycles. The second kappa shape index (κ2) is 7.19. The highest BCUT2D eigenvalue weighted by atomic mass is 35.5. The van der Waals surface area contributed by atoms with Crippen LogP contribution >= 0.6 is 11.6 Å². The first-order valence-corrected chi connectivity index (χ1v) is 7.52. The molecule has 3 rings (SSSR count). The summed E-state index contributed by atoms with van der Waals surface area (Å²) in [7, 11) is 0. The van der Waals surface area contributed by atoms with E-state index in [9.17, 15) is 4.39 Å². The van der Waals surface area contributed by atoms with Gasteiger partial charge in [-0.3, -0.25) is 0 Å². The van der Waals surface area contributed by atoms with Crippen LogP contribution in [0.4, 0.5) is 10.1 Å². The maximum Gasteiger partial charge on any atom is 0.227 e. The van der Waals surface area contributed by atoms with Crippen LogP contribution in [0.3, 0.4) is 0 Å². The first-order valence-electron chi connectivity index (χ1n) is 7.15. The molecule has 0 fully saturated rings. The molecule has 23 heavy (non-hydrogen) atoms. The van der Waals surface area contributed by atoms with Crippen LogP contribution in [0.1, 0.15) is 12.3 Å². The van der Waals surface area contributed by atoms with Gasteiger partial charge in [0, 0.05) is 30.4 Å². The Kier molecular flexibility index (Phi) is 4.83. The highest BCUT2D eigenvalue weighted by molar-refractivity contribution is 6.29. The van der Waals surface area contributed by atoms with Gasteiger partial charge >= 0.3 is 0 Å². The molecule has 0 unspecified atom stereocenters. The average molecular weight is 333 g/mol. The van der Waals surface area contributed by atoms with E-state index in [2.05, 4.69) is 20.4 Å². The van der Waals surface area contributed by atoms with Crippen LogP contribution in [0, 0.1) is 5.82 Å². The molecule has 118 valence electrons. The Labute approximate surface area is 137 Å². The molecule has 0 spiro atoms. The van der Waals surface area contributed by atoms with Crippen molar-refractivity contribution in [3.63, 3.8) is 0 Å². The van der Waals surface area contributed by atoms with Crippen LogP contribution in [0.25, 0.3) is 11.4 Å². The van der Waals surface area contributed by atoms with Gasteiger partial charge in [-0.1, -0.05) is 16.8 Å². The van der Waals surface area contributed by atoms with Gasteiger partial charge in [-0.05, 0) is 42.8 Å². The first-order chi connectivity index (χ1) is 11.2. The van der Waals surface area contributed by atoms with Crippen molar-refractivity contribution in [2.24, 2.45) is 0 Å². The minimum absolute atomic E-state index is 0.292. The Morgan fingerprint density at radius 1 is 1.17 bits per heavy atom. The van der Waals surface area contributed by atoms with Gasteiger partial charge < -0.3 is 9.84 Å². The Morgan fingerprint density at radius 3 is 2.78 bits per heavy atom. The molecule has 0 atom stereocenters. The van der Waals surface area contributed by atoms with E-state index in [1.54, 1.807) is 24.4 Å². The van der Waals surface area contributed by atoms with E-state index in [0.717, 1.165) is 24.2 Å². The minimum Gasteiger partial charge on any atom is -0.385 e. The zero-order valence-electron chi connectivity index (χ0n) is 12.2. The van der Waals surface area contributed by atoms with E-state index in [1.807, 2.05) is 6.07 Å². The molecule has 0 aliphatic carbocycles. The van der Waals surface area contributed by atoms with E-state index in [0.29, 0.717) is 23.3 Å². The molecule has 5 nitrogen and oxygen atoms in total. The second-order valence-corrected chi connectivity index (χ2v) is 5.30. The van der Waals surface area contributed by atoms with E-state index >= 15 is 0 Å². The number of hydrogen-bond acceptors (Lipinski definition) is 5. The van der Waals surface area contributed by atoms with Gasteiger partial charge in [-0.25, -0.2) is 9.37 Å². The van der Waals surface area contributed by atoms with Gasteiger partial charge in [0.1, 0.15) is 11.0 Å². The van der Waals surface area contributed by atoms with Crippen LogP contribution < -0.4 is 5.32 Å². The number of rotatable bonds is 6. The maximum absolute atomic E-state index is 12.9. The van der Waals surface area contributed by atoms with Gasteiger partial charge in [-0.15, -0.1) is 0 Å². The molecule has 0 aliphatic rings. The number of aryl methyl sites for hydroxylation is 1. The van der Waals surface area contributed by atoms with Crippen LogP contribution in [0.15, 0.2) is 47.1 Å². The Morgan fingerprint density at radius 2 is 2.00 bits per heavy atom. The molecule has 1 N–H and O–H groups in total. The van der Waals surface area contributed by atoms with Gasteiger partial charge in [0.15, 0.2) is 0 Å². The number of pyridine rings is 1. The highest BCUT2D eigenvalue weighted by Gasteiger charge is 2.08. The molecule has 0 amide bonds. The Hall–Kier alpha value is -2.47. The maximum atomic E-state index is 12.9. The highest BCUT2D eigenvalue weighted by Crippen LogP contribution is 2.17. The van der Waals surface area contributed by atoms with E-state index in [-0.39, 0.29) is 5.82 Å². The Bertz CT molecular complexity index is 776. The van der Waals surface area contributed by atoms with Crippen LogP contribution in [0.2, 0.25) is 5.15 Å². The van der Waals surface area contributed by atoms with E-state index < -0.39 is 0 Å². The summed E-state index contributed by atoms with van der Waals surface area (Å²) in [5, 5.41) is 7.61. The lowest BCUT2D eigenvalue weighted by Gasteiger charge is -2.04. The minimum atomic E-state index is -0.292. The molecule has 7 heteroatoms. The summed E-state index contributed by atoms with van der Waals surface area (Å²) >= 11 is 5.82. The fourth-order valence-corrected chi connectivity index (χ4v) is 2.23. The fourth-order valence-electron chi connectivity index (χ4n) is 2.06. The monoisotopic (exact) mass is 332 g/mol. The Balaban J connectivity index is 1.50. The first kappa shape index (κ1) is 15.4. The molecule has 2 aromatic heterocycles. The molecular formula is C16H14ClFN4O. The summed E-state index contributed by atoms with van der Waals surface area (Å²) in [6.07, 6.45) is 3.13. The summed E-state index contributed by atoms with van der Waals surface area (Å²) in [4.78, 5) is 8.23. The third-order valence-corrected chi connectivity index (χ3v) is 3.40. The molecule has 0 aliphatic heterocycles. The zero-order valence-corrected chi connectivity index (χ0v) is 12.9. The molecule has 3 aromatic rings. The largest absolute Gasteiger partial charge is 0.385 e. The number of benzene rings is 1. The predicted molar refractivity (Wildman–Crippen MR) is 85.7 cm³/mol. The van der Waals surface area contributed by atoms with Crippen molar-refractivity contribution in [3.05, 3.63) is 59.5 Å². The van der Waals surface area contributed by atoms with Crippen molar-refractivity contribution in [1.82, 2.24) is 15.1 Å². The SMILES string of the molecule is Fc1ccc(-c2noc(CCCNc3ccnc(Cl)c3)n2)cc1. The summed E-state index contributed by atoms with van der Waals surface area (Å²) in [5.41, 5.74) is 1.65. The number of aromatic nitrogens is 3. The lowest BCUT2D eigenvalue weighted by atomic mass is 10.2. The van der Waals surface area contributed by atoms with Gasteiger partial charge in [0.25, 0.3) is 0 Å². The van der Waals surface area contributed by atoms with E-state index in [1.165, 1.54) is 12.1 Å². The molecular weight excluding hydrogens is 319 g/mol. The predicted octanol–water partition coefficient (Wildman–Crippen LogP) is 3.97. The van der Waals surface area contributed by atoms with Crippen molar-refractivity contribution >= 4 is 17.3 Å². The number of nitrogens with zero attached hydrogens (tertiary/aromatic N) is 3. The van der Waals surface area contributed by atoms with Crippen molar-refractivity contribution in [2.75, 3.05) is 11.9 Å². The van der Waals surface area contributed by atoms with Gasteiger partial charge in [-0.2, -0.15) is 4.98 Å². The summed E-state index contributed by atoms with van der Waals surface area (Å²) < 4.78 is 18.1. The van der Waals surface area contributed by atoms with Crippen molar-refractivity contribution in [1.29, 1.82) is 0 Å². The summed E-state index contributed by atoms with van der Waals surface area (Å²) in [6, 6.07) is 9.60. The quantitative estimate of drug-likeness (QED) is 0.546. The zero-order chi connectivity index (χ0) is 16.1. The van der Waals surface area contributed by atoms with Gasteiger partial charge in [0.2, 0.25) is 11.7 Å². The molecule has 0 saturated carbocycles. The van der Waals surface area contributed by atoms with E-state index in [4.69, 9.17) is 16.1 Å². The van der Waals surface area contributed by atoms with Crippen LogP contribution in [-0.4, -0.2) is 21.7 Å². The number of anilines is 1. The van der Waals surface area contributed by atoms with Crippen LogP contribution in [0.5, 0.6) is 0 Å². The third-order valence-electron chi connectivity index (χ3n) is 3.19. The third kappa shape index (κ3) is 4.26. The van der Waals surface area contributed by atoms with Crippen LogP contribution in [-0.2, 0) is 6.42 Å². The standard InChI is InChI=1S/C16H14ClFN4O/c17-14-10-13(7-9-20-14)19-8-1-2-15-21-16(22-23-15)11-3-5-12(18)6-4-11/h3-7,9-10H,1-2,8H2,(H,19,20). The van der Waals surface area contributed by atoms with Crippen molar-refractivity contribution in [3.8, 4) is 11.4 Å². The smallest absolute Gasteiger partial charge is 0.227 e. The van der Waals surface area contributed by atoms with Crippen molar-refractivity contribution in [2.45, 2.75) is 12.8 Å². The molecule has 0 radical (unpaired) electrons. The average Bonchev–Trinajstić information content (AvgIpc) is 3.01. The molecule has 0 saturated heterocycles. The lowest BCUT2D eigenvalue weighted by Crippen LogP contribution is -2.03. The molecule has 0 bridgehead atoms. The number of halogens is 2. The topological polar surface area (TPSA) is 63.8 Å².